The van der Waals surface area contributed by atoms with E-state index in [1.807, 2.05) is 12.1 Å². The maximum Gasteiger partial charge on any atom is 0.0940 e. The molecule has 0 nitrogen and oxygen atoms in total. The molecule has 0 aliphatic rings. The normalized spacial score (nSPS) is 10.2. The van der Waals surface area contributed by atoms with Crippen LogP contribution < -0.4 is 0 Å². The molecule has 1 aromatic rings. The summed E-state index contributed by atoms with van der Waals surface area (Å²) in [5, 5.41) is 0. The predicted octanol–water partition coefficient (Wildman–Crippen LogP) is 3.42. The minimum absolute atomic E-state index is 0.863. The monoisotopic (exact) mass is 210 g/mol. The number of rotatable bonds is 3. The van der Waals surface area contributed by atoms with Gasteiger partial charge in [0.25, 0.3) is 0 Å². The molecule has 1 rings (SSSR count). The highest BCUT2D eigenvalue weighted by atomic mass is 35.5. The van der Waals surface area contributed by atoms with Crippen molar-refractivity contribution < 1.29 is 0 Å². The van der Waals surface area contributed by atoms with Crippen molar-refractivity contribution in [2.45, 2.75) is 4.21 Å². The number of halogens is 1. The van der Waals surface area contributed by atoms with E-state index in [0.717, 1.165) is 15.8 Å². The van der Waals surface area contributed by atoms with Crippen molar-refractivity contribution >= 4 is 47.3 Å². The van der Waals surface area contributed by atoms with Crippen LogP contribution in [-0.2, 0) is 0 Å². The topological polar surface area (TPSA) is 0 Å². The van der Waals surface area contributed by atoms with Gasteiger partial charge in [0, 0.05) is 5.75 Å². The summed E-state index contributed by atoms with van der Waals surface area (Å²) < 4.78 is 2.14. The lowest BCUT2D eigenvalue weighted by Crippen LogP contribution is -1.74. The molecule has 56 valence electrons. The van der Waals surface area contributed by atoms with Crippen molar-refractivity contribution in [3.05, 3.63) is 16.5 Å². The first kappa shape index (κ1) is 8.78. The van der Waals surface area contributed by atoms with Crippen LogP contribution in [0.1, 0.15) is 0 Å². The van der Waals surface area contributed by atoms with Crippen LogP contribution >= 0.6 is 47.3 Å². The summed E-state index contributed by atoms with van der Waals surface area (Å²) >= 11 is 13.3. The quantitative estimate of drug-likeness (QED) is 0.589. The number of thioether (sulfide) groups is 1. The van der Waals surface area contributed by atoms with Gasteiger partial charge in [-0.3, -0.25) is 0 Å². The molecular weight excluding hydrogens is 204 g/mol. The third-order valence-corrected chi connectivity index (χ3v) is 3.87. The van der Waals surface area contributed by atoms with E-state index in [1.54, 1.807) is 23.1 Å². The Morgan fingerprint density at radius 1 is 1.60 bits per heavy atom. The first-order valence-corrected chi connectivity index (χ1v) is 5.63. The molecule has 0 unspecified atom stereocenters. The molecule has 0 saturated heterocycles. The van der Waals surface area contributed by atoms with E-state index in [1.165, 1.54) is 4.21 Å². The van der Waals surface area contributed by atoms with Gasteiger partial charge in [0.1, 0.15) is 0 Å². The van der Waals surface area contributed by atoms with Gasteiger partial charge in [-0.1, -0.05) is 11.6 Å². The Hall–Kier alpha value is 0.690. The Morgan fingerprint density at radius 2 is 2.40 bits per heavy atom. The molecule has 4 heteroatoms. The first-order chi connectivity index (χ1) is 4.83. The van der Waals surface area contributed by atoms with Crippen LogP contribution in [0.3, 0.4) is 0 Å². The Balaban J connectivity index is 2.42. The number of thiophene rings is 1. The van der Waals surface area contributed by atoms with Crippen molar-refractivity contribution in [3.8, 4) is 0 Å². The third kappa shape index (κ3) is 2.74. The summed E-state index contributed by atoms with van der Waals surface area (Å²) in [5.41, 5.74) is 0. The minimum Gasteiger partial charge on any atom is -0.178 e. The van der Waals surface area contributed by atoms with E-state index in [-0.39, 0.29) is 0 Å². The summed E-state index contributed by atoms with van der Waals surface area (Å²) in [6.45, 7) is 0. The smallest absolute Gasteiger partial charge is 0.0940 e. The summed E-state index contributed by atoms with van der Waals surface area (Å²) in [7, 11) is 0. The van der Waals surface area contributed by atoms with Gasteiger partial charge in [0.05, 0.1) is 8.55 Å². The summed E-state index contributed by atoms with van der Waals surface area (Å²) in [4.78, 5) is 0. The molecule has 1 heterocycles. The zero-order valence-electron chi connectivity index (χ0n) is 5.21. The number of hydrogen-bond donors (Lipinski definition) is 1. The van der Waals surface area contributed by atoms with E-state index < -0.39 is 0 Å². The molecule has 0 atom stereocenters. The highest BCUT2D eigenvalue weighted by Crippen LogP contribution is 2.29. The van der Waals surface area contributed by atoms with E-state index in [0.29, 0.717) is 0 Å². The van der Waals surface area contributed by atoms with Gasteiger partial charge in [-0.15, -0.1) is 23.1 Å². The van der Waals surface area contributed by atoms with Gasteiger partial charge in [-0.05, 0) is 17.9 Å². The lowest BCUT2D eigenvalue weighted by Gasteiger charge is -1.90. The molecule has 10 heavy (non-hydrogen) atoms. The Kier molecular flexibility index (Phi) is 3.99. The van der Waals surface area contributed by atoms with Crippen molar-refractivity contribution in [3.63, 3.8) is 0 Å². The Labute approximate surface area is 79.4 Å². The van der Waals surface area contributed by atoms with Crippen molar-refractivity contribution in [1.29, 1.82) is 0 Å². The van der Waals surface area contributed by atoms with Crippen LogP contribution in [0.15, 0.2) is 16.3 Å². The maximum absolute atomic E-state index is 5.73. The minimum atomic E-state index is 0.863. The largest absolute Gasteiger partial charge is 0.178 e. The molecule has 0 bridgehead atoms. The van der Waals surface area contributed by atoms with Gasteiger partial charge >= 0.3 is 0 Å². The van der Waals surface area contributed by atoms with Crippen LogP contribution in [-0.4, -0.2) is 11.5 Å². The molecule has 0 radical (unpaired) electrons. The van der Waals surface area contributed by atoms with Crippen LogP contribution in [0.25, 0.3) is 0 Å². The maximum atomic E-state index is 5.73. The fourth-order valence-electron chi connectivity index (χ4n) is 0.522. The average molecular weight is 211 g/mol. The molecule has 0 aliphatic carbocycles. The first-order valence-electron chi connectivity index (χ1n) is 2.82. The second-order valence-corrected chi connectivity index (χ2v) is 5.19. The summed E-state index contributed by atoms with van der Waals surface area (Å²) in [6, 6.07) is 3.97. The van der Waals surface area contributed by atoms with Crippen molar-refractivity contribution in [2.24, 2.45) is 0 Å². The zero-order chi connectivity index (χ0) is 7.40. The van der Waals surface area contributed by atoms with Gasteiger partial charge in [0.2, 0.25) is 0 Å². The van der Waals surface area contributed by atoms with Gasteiger partial charge in [-0.2, -0.15) is 12.6 Å². The second kappa shape index (κ2) is 4.54. The molecule has 0 spiro atoms. The Morgan fingerprint density at radius 3 is 2.90 bits per heavy atom. The molecular formula is C6H7ClS3. The molecule has 1 aromatic heterocycles. The highest BCUT2D eigenvalue weighted by molar-refractivity contribution is 8.01. The standard InChI is InChI=1S/C6H7ClS3/c7-5-1-2-6(10-5)9-4-3-8/h1-2,8H,3-4H2. The van der Waals surface area contributed by atoms with E-state index in [4.69, 9.17) is 11.6 Å². The lowest BCUT2D eigenvalue weighted by molar-refractivity contribution is 1.55. The molecule has 0 saturated carbocycles. The molecule has 0 N–H and O–H groups in total. The number of hydrogen-bond acceptors (Lipinski definition) is 3. The zero-order valence-corrected chi connectivity index (χ0v) is 8.49. The fourth-order valence-corrected chi connectivity index (χ4v) is 2.92. The van der Waals surface area contributed by atoms with Crippen LogP contribution in [0.2, 0.25) is 4.34 Å². The third-order valence-electron chi connectivity index (χ3n) is 0.884. The second-order valence-electron chi connectivity index (χ2n) is 1.63. The fraction of sp³-hybridized carbons (Fsp3) is 0.333. The summed E-state index contributed by atoms with van der Waals surface area (Å²) in [6.07, 6.45) is 0. The van der Waals surface area contributed by atoms with Crippen LogP contribution in [0.5, 0.6) is 0 Å². The van der Waals surface area contributed by atoms with Crippen molar-refractivity contribution in [2.75, 3.05) is 11.5 Å². The van der Waals surface area contributed by atoms with Gasteiger partial charge in [0.15, 0.2) is 0 Å². The summed E-state index contributed by atoms with van der Waals surface area (Å²) in [5.74, 6) is 1.97. The Bertz CT molecular complexity index is 197. The van der Waals surface area contributed by atoms with E-state index in [2.05, 4.69) is 12.6 Å². The van der Waals surface area contributed by atoms with E-state index >= 15 is 0 Å². The van der Waals surface area contributed by atoms with Crippen molar-refractivity contribution in [1.82, 2.24) is 0 Å². The molecule has 0 aliphatic heterocycles. The molecule has 0 amide bonds. The molecule has 0 fully saturated rings. The van der Waals surface area contributed by atoms with Gasteiger partial charge in [-0.25, -0.2) is 0 Å². The number of thiol groups is 1. The molecule has 0 aromatic carbocycles. The van der Waals surface area contributed by atoms with E-state index in [9.17, 15) is 0 Å². The predicted molar refractivity (Wildman–Crippen MR) is 53.9 cm³/mol. The van der Waals surface area contributed by atoms with Crippen LogP contribution in [0.4, 0.5) is 0 Å². The van der Waals surface area contributed by atoms with Crippen LogP contribution in [0, 0.1) is 0 Å². The SMILES string of the molecule is SCCSc1ccc(Cl)s1. The highest BCUT2D eigenvalue weighted by Gasteiger charge is 1.96. The lowest BCUT2D eigenvalue weighted by atomic mass is 10.7. The average Bonchev–Trinajstić information content (AvgIpc) is 2.31. The van der Waals surface area contributed by atoms with Gasteiger partial charge < -0.3 is 0 Å².